The molecule has 1 N–H and O–H groups in total. The average Bonchev–Trinajstić information content (AvgIpc) is 2.53. The second-order valence-electron chi connectivity index (χ2n) is 6.64. The predicted octanol–water partition coefficient (Wildman–Crippen LogP) is 1.74. The van der Waals surface area contributed by atoms with Gasteiger partial charge in [0.05, 0.1) is 24.8 Å². The summed E-state index contributed by atoms with van der Waals surface area (Å²) >= 11 is 0. The lowest BCUT2D eigenvalue weighted by molar-refractivity contribution is -0.126. The lowest BCUT2D eigenvalue weighted by Crippen LogP contribution is -2.49. The van der Waals surface area contributed by atoms with Crippen molar-refractivity contribution in [2.24, 2.45) is 0 Å². The standard InChI is InChI=1S/C18H26N2O4/c1-12-9-20(10-13(2)24-12)11-18(21)19-14(3)15-4-5-16-17(8-15)23-7-6-22-16/h4-5,8,12-14H,6-7,9-11H2,1-3H3,(H,19,21)/t12-,13-,14+/m1/s1. The largest absolute Gasteiger partial charge is 0.486 e. The molecule has 0 spiro atoms. The van der Waals surface area contributed by atoms with Crippen LogP contribution < -0.4 is 14.8 Å². The van der Waals surface area contributed by atoms with E-state index in [1.807, 2.05) is 39.0 Å². The van der Waals surface area contributed by atoms with Crippen molar-refractivity contribution < 1.29 is 19.0 Å². The second kappa shape index (κ2) is 7.40. The van der Waals surface area contributed by atoms with Gasteiger partial charge in [0, 0.05) is 13.1 Å². The third-order valence-corrected chi connectivity index (χ3v) is 4.31. The summed E-state index contributed by atoms with van der Waals surface area (Å²) in [5.41, 5.74) is 1.01. The fourth-order valence-electron chi connectivity index (χ4n) is 3.32. The van der Waals surface area contributed by atoms with E-state index in [2.05, 4.69) is 10.2 Å². The van der Waals surface area contributed by atoms with Gasteiger partial charge in [-0.2, -0.15) is 0 Å². The average molecular weight is 334 g/mol. The van der Waals surface area contributed by atoms with Gasteiger partial charge in [-0.1, -0.05) is 6.07 Å². The summed E-state index contributed by atoms with van der Waals surface area (Å²) in [5, 5.41) is 3.06. The van der Waals surface area contributed by atoms with Crippen LogP contribution in [-0.2, 0) is 9.53 Å². The fourth-order valence-corrected chi connectivity index (χ4v) is 3.32. The van der Waals surface area contributed by atoms with Crippen molar-refractivity contribution in [2.45, 2.75) is 39.0 Å². The van der Waals surface area contributed by atoms with Crippen molar-refractivity contribution in [2.75, 3.05) is 32.8 Å². The highest BCUT2D eigenvalue weighted by molar-refractivity contribution is 5.78. The maximum absolute atomic E-state index is 12.3. The number of hydrogen-bond acceptors (Lipinski definition) is 5. The maximum atomic E-state index is 12.3. The van der Waals surface area contributed by atoms with Crippen molar-refractivity contribution in [3.63, 3.8) is 0 Å². The van der Waals surface area contributed by atoms with Crippen LogP contribution in [0, 0.1) is 0 Å². The van der Waals surface area contributed by atoms with Gasteiger partial charge in [0.15, 0.2) is 11.5 Å². The first kappa shape index (κ1) is 17.0. The minimum Gasteiger partial charge on any atom is -0.486 e. The molecule has 0 saturated carbocycles. The van der Waals surface area contributed by atoms with Crippen LogP contribution >= 0.6 is 0 Å². The van der Waals surface area contributed by atoms with Gasteiger partial charge in [-0.3, -0.25) is 9.69 Å². The molecule has 1 amide bonds. The highest BCUT2D eigenvalue weighted by Gasteiger charge is 2.24. The molecular formula is C18H26N2O4. The molecule has 3 atom stereocenters. The van der Waals surface area contributed by atoms with Crippen LogP contribution in [0.1, 0.15) is 32.4 Å². The predicted molar refractivity (Wildman–Crippen MR) is 90.4 cm³/mol. The molecule has 0 aliphatic carbocycles. The van der Waals surface area contributed by atoms with Gasteiger partial charge >= 0.3 is 0 Å². The van der Waals surface area contributed by atoms with Crippen LogP contribution in [0.2, 0.25) is 0 Å². The van der Waals surface area contributed by atoms with E-state index >= 15 is 0 Å². The molecule has 3 rings (SSSR count). The zero-order chi connectivity index (χ0) is 17.1. The normalized spacial score (nSPS) is 25.1. The number of nitrogens with zero attached hydrogens (tertiary/aromatic N) is 1. The first-order valence-electron chi connectivity index (χ1n) is 8.58. The van der Waals surface area contributed by atoms with Crippen molar-refractivity contribution in [3.8, 4) is 11.5 Å². The van der Waals surface area contributed by atoms with Crippen LogP contribution in [0.25, 0.3) is 0 Å². The Morgan fingerprint density at radius 1 is 1.21 bits per heavy atom. The van der Waals surface area contributed by atoms with Gasteiger partial charge in [-0.05, 0) is 38.5 Å². The molecule has 2 heterocycles. The molecule has 0 bridgehead atoms. The Morgan fingerprint density at radius 2 is 1.88 bits per heavy atom. The molecule has 0 aromatic heterocycles. The van der Waals surface area contributed by atoms with Gasteiger partial charge in [0.2, 0.25) is 5.91 Å². The topological polar surface area (TPSA) is 60.0 Å². The van der Waals surface area contributed by atoms with Crippen molar-refractivity contribution in [1.29, 1.82) is 0 Å². The maximum Gasteiger partial charge on any atom is 0.234 e. The smallest absolute Gasteiger partial charge is 0.234 e. The molecule has 1 saturated heterocycles. The Labute approximate surface area is 143 Å². The van der Waals surface area contributed by atoms with E-state index in [-0.39, 0.29) is 24.2 Å². The summed E-state index contributed by atoms with van der Waals surface area (Å²) in [6.07, 6.45) is 0.327. The Kier molecular flexibility index (Phi) is 5.26. The van der Waals surface area contributed by atoms with Gasteiger partial charge in [-0.15, -0.1) is 0 Å². The number of ether oxygens (including phenoxy) is 3. The lowest BCUT2D eigenvalue weighted by atomic mass is 10.1. The van der Waals surface area contributed by atoms with Crippen LogP contribution in [0.3, 0.4) is 0 Å². The van der Waals surface area contributed by atoms with Crippen LogP contribution in [-0.4, -0.2) is 55.9 Å². The molecule has 2 aliphatic heterocycles. The Morgan fingerprint density at radius 3 is 2.58 bits per heavy atom. The lowest BCUT2D eigenvalue weighted by Gasteiger charge is -2.35. The van der Waals surface area contributed by atoms with E-state index < -0.39 is 0 Å². The fraction of sp³-hybridized carbons (Fsp3) is 0.611. The van der Waals surface area contributed by atoms with Gasteiger partial charge in [-0.25, -0.2) is 0 Å². The number of benzene rings is 1. The second-order valence-corrected chi connectivity index (χ2v) is 6.64. The van der Waals surface area contributed by atoms with Crippen molar-refractivity contribution >= 4 is 5.91 Å². The van der Waals surface area contributed by atoms with E-state index in [0.29, 0.717) is 19.8 Å². The number of carbonyl (C=O) groups excluding carboxylic acids is 1. The summed E-state index contributed by atoms with van der Waals surface area (Å²) in [6.45, 7) is 9.17. The monoisotopic (exact) mass is 334 g/mol. The van der Waals surface area contributed by atoms with E-state index in [1.165, 1.54) is 0 Å². The summed E-state index contributed by atoms with van der Waals surface area (Å²) in [5.74, 6) is 1.54. The Bertz CT molecular complexity index is 582. The molecule has 6 heteroatoms. The summed E-state index contributed by atoms with van der Waals surface area (Å²) in [4.78, 5) is 14.5. The molecule has 0 radical (unpaired) electrons. The number of rotatable bonds is 4. The molecule has 1 aromatic carbocycles. The molecule has 2 aliphatic rings. The number of hydrogen-bond donors (Lipinski definition) is 1. The van der Waals surface area contributed by atoms with Gasteiger partial charge in [0.25, 0.3) is 0 Å². The SMILES string of the molecule is C[C@@H]1CN(CC(=O)N[C@@H](C)c2ccc3c(c2)OCCO3)C[C@@H](C)O1. The van der Waals surface area contributed by atoms with Crippen molar-refractivity contribution in [3.05, 3.63) is 23.8 Å². The highest BCUT2D eigenvalue weighted by atomic mass is 16.6. The minimum absolute atomic E-state index is 0.0266. The number of carbonyl (C=O) groups is 1. The molecular weight excluding hydrogens is 308 g/mol. The molecule has 24 heavy (non-hydrogen) atoms. The number of fused-ring (bicyclic) bond motifs is 1. The Hall–Kier alpha value is -1.79. The number of morpholine rings is 1. The minimum atomic E-state index is -0.0794. The molecule has 132 valence electrons. The zero-order valence-electron chi connectivity index (χ0n) is 14.6. The highest BCUT2D eigenvalue weighted by Crippen LogP contribution is 2.32. The Balaban J connectivity index is 1.56. The molecule has 1 fully saturated rings. The van der Waals surface area contributed by atoms with Gasteiger partial charge < -0.3 is 19.5 Å². The van der Waals surface area contributed by atoms with E-state index in [9.17, 15) is 4.79 Å². The van der Waals surface area contributed by atoms with Crippen LogP contribution in [0.15, 0.2) is 18.2 Å². The molecule has 0 unspecified atom stereocenters. The third-order valence-electron chi connectivity index (χ3n) is 4.31. The van der Waals surface area contributed by atoms with E-state index in [4.69, 9.17) is 14.2 Å². The summed E-state index contributed by atoms with van der Waals surface area (Å²) in [6, 6.07) is 5.73. The van der Waals surface area contributed by atoms with E-state index in [1.54, 1.807) is 0 Å². The molecule has 1 aromatic rings. The van der Waals surface area contributed by atoms with Crippen molar-refractivity contribution in [1.82, 2.24) is 10.2 Å². The summed E-state index contributed by atoms with van der Waals surface area (Å²) < 4.78 is 16.8. The van der Waals surface area contributed by atoms with Crippen LogP contribution in [0.5, 0.6) is 11.5 Å². The number of amides is 1. The van der Waals surface area contributed by atoms with E-state index in [0.717, 1.165) is 30.2 Å². The first-order chi connectivity index (χ1) is 11.5. The summed E-state index contributed by atoms with van der Waals surface area (Å²) in [7, 11) is 0. The molecule has 6 nitrogen and oxygen atoms in total. The quantitative estimate of drug-likeness (QED) is 0.909. The number of nitrogens with one attached hydrogen (secondary N) is 1. The van der Waals surface area contributed by atoms with Gasteiger partial charge in [0.1, 0.15) is 13.2 Å². The van der Waals surface area contributed by atoms with Crippen LogP contribution in [0.4, 0.5) is 0 Å². The first-order valence-corrected chi connectivity index (χ1v) is 8.58. The third kappa shape index (κ3) is 4.19. The zero-order valence-corrected chi connectivity index (χ0v) is 14.6.